The summed E-state index contributed by atoms with van der Waals surface area (Å²) >= 11 is 3.49. The largest absolute Gasteiger partial charge is 0.399 e. The molecule has 108 valence electrons. The van der Waals surface area contributed by atoms with Crippen LogP contribution in [-0.2, 0) is 4.79 Å². The van der Waals surface area contributed by atoms with E-state index in [-0.39, 0.29) is 11.9 Å². The molecule has 3 N–H and O–H groups in total. The Kier molecular flexibility index (Phi) is 5.17. The Morgan fingerprint density at radius 2 is 1.86 bits per heavy atom. The van der Waals surface area contributed by atoms with E-state index in [1.54, 1.807) is 18.2 Å². The molecule has 2 aromatic rings. The minimum Gasteiger partial charge on any atom is -0.399 e. The molecule has 0 saturated heterocycles. The lowest BCUT2D eigenvalue weighted by Crippen LogP contribution is -2.24. The number of amides is 1. The van der Waals surface area contributed by atoms with Crippen LogP contribution < -0.4 is 11.1 Å². The maximum Gasteiger partial charge on any atom is 0.244 e. The van der Waals surface area contributed by atoms with Gasteiger partial charge in [-0.1, -0.05) is 46.3 Å². The number of hydrogen-bond acceptors (Lipinski definition) is 2. The van der Waals surface area contributed by atoms with Crippen molar-refractivity contribution in [3.63, 3.8) is 0 Å². The summed E-state index contributed by atoms with van der Waals surface area (Å²) in [5.74, 6) is -0.130. The van der Waals surface area contributed by atoms with E-state index in [1.807, 2.05) is 43.3 Å². The first-order valence-electron chi connectivity index (χ1n) is 6.65. The van der Waals surface area contributed by atoms with Crippen molar-refractivity contribution in [1.29, 1.82) is 0 Å². The summed E-state index contributed by atoms with van der Waals surface area (Å²) < 4.78 is 0.986. The molecule has 0 aliphatic heterocycles. The van der Waals surface area contributed by atoms with Crippen LogP contribution in [0.25, 0.3) is 6.08 Å². The number of anilines is 1. The first-order chi connectivity index (χ1) is 10.1. The predicted octanol–water partition coefficient (Wildman–Crippen LogP) is 3.92. The number of nitrogen functional groups attached to an aromatic ring is 1. The Bertz CT molecular complexity index is 650. The van der Waals surface area contributed by atoms with Crippen LogP contribution in [0.4, 0.5) is 5.69 Å². The molecule has 0 radical (unpaired) electrons. The highest BCUT2D eigenvalue weighted by Crippen LogP contribution is 2.22. The molecular formula is C17H17BrN2O. The van der Waals surface area contributed by atoms with E-state index < -0.39 is 0 Å². The Morgan fingerprint density at radius 1 is 1.19 bits per heavy atom. The van der Waals surface area contributed by atoms with Crippen molar-refractivity contribution in [3.05, 3.63) is 70.2 Å². The summed E-state index contributed by atoms with van der Waals surface area (Å²) in [7, 11) is 0. The third-order valence-electron chi connectivity index (χ3n) is 3.09. The number of rotatable bonds is 4. The summed E-state index contributed by atoms with van der Waals surface area (Å²) in [4.78, 5) is 11.9. The Morgan fingerprint density at radius 3 is 2.52 bits per heavy atom. The van der Waals surface area contributed by atoms with E-state index in [0.717, 1.165) is 15.6 Å². The zero-order valence-corrected chi connectivity index (χ0v) is 13.3. The average Bonchev–Trinajstić information content (AvgIpc) is 2.47. The molecule has 2 rings (SSSR count). The second-order valence-corrected chi connectivity index (χ2v) is 5.61. The Labute approximate surface area is 133 Å². The molecular weight excluding hydrogens is 328 g/mol. The zero-order valence-electron chi connectivity index (χ0n) is 11.7. The maximum atomic E-state index is 11.9. The summed E-state index contributed by atoms with van der Waals surface area (Å²) in [6.45, 7) is 1.95. The van der Waals surface area contributed by atoms with Gasteiger partial charge < -0.3 is 11.1 Å². The van der Waals surface area contributed by atoms with E-state index in [2.05, 4.69) is 21.2 Å². The molecule has 0 heterocycles. The molecule has 3 nitrogen and oxygen atoms in total. The number of hydrogen-bond donors (Lipinski definition) is 2. The maximum absolute atomic E-state index is 11.9. The van der Waals surface area contributed by atoms with Crippen molar-refractivity contribution in [2.24, 2.45) is 0 Å². The van der Waals surface area contributed by atoms with Gasteiger partial charge in [-0.3, -0.25) is 4.79 Å². The second-order valence-electron chi connectivity index (χ2n) is 4.75. The van der Waals surface area contributed by atoms with Crippen LogP contribution in [0.15, 0.2) is 59.1 Å². The molecule has 1 atom stereocenters. The smallest absolute Gasteiger partial charge is 0.244 e. The van der Waals surface area contributed by atoms with Crippen LogP contribution in [-0.4, -0.2) is 5.91 Å². The van der Waals surface area contributed by atoms with Crippen molar-refractivity contribution >= 4 is 33.6 Å². The quantitative estimate of drug-likeness (QED) is 0.652. The van der Waals surface area contributed by atoms with Crippen LogP contribution in [0.3, 0.4) is 0 Å². The normalized spacial score (nSPS) is 12.3. The molecule has 0 saturated carbocycles. The number of halogens is 1. The summed E-state index contributed by atoms with van der Waals surface area (Å²) in [6.07, 6.45) is 3.29. The van der Waals surface area contributed by atoms with E-state index in [4.69, 9.17) is 5.73 Å². The Hall–Kier alpha value is -2.07. The lowest BCUT2D eigenvalue weighted by atomic mass is 10.1. The van der Waals surface area contributed by atoms with Gasteiger partial charge in [0.1, 0.15) is 0 Å². The number of benzene rings is 2. The van der Waals surface area contributed by atoms with Crippen LogP contribution >= 0.6 is 15.9 Å². The minimum atomic E-state index is -0.130. The molecule has 0 aliphatic rings. The molecule has 0 bridgehead atoms. The van der Waals surface area contributed by atoms with Crippen molar-refractivity contribution in [1.82, 2.24) is 5.32 Å². The van der Waals surface area contributed by atoms with E-state index >= 15 is 0 Å². The van der Waals surface area contributed by atoms with Gasteiger partial charge in [-0.05, 0) is 42.3 Å². The van der Waals surface area contributed by atoms with Crippen LogP contribution in [0, 0.1) is 0 Å². The predicted molar refractivity (Wildman–Crippen MR) is 90.6 cm³/mol. The molecule has 0 aromatic heterocycles. The van der Waals surface area contributed by atoms with Gasteiger partial charge >= 0.3 is 0 Å². The van der Waals surface area contributed by atoms with Gasteiger partial charge in [0, 0.05) is 16.2 Å². The van der Waals surface area contributed by atoms with Gasteiger partial charge in [0.15, 0.2) is 0 Å². The number of carbonyl (C=O) groups excluding carboxylic acids is 1. The monoisotopic (exact) mass is 344 g/mol. The molecule has 4 heteroatoms. The summed E-state index contributed by atoms with van der Waals surface area (Å²) in [5.41, 5.74) is 8.31. The fourth-order valence-corrected chi connectivity index (χ4v) is 2.57. The molecule has 21 heavy (non-hydrogen) atoms. The fraction of sp³-hybridized carbons (Fsp3) is 0.118. The number of nitrogens with one attached hydrogen (secondary N) is 1. The molecule has 0 fully saturated rings. The molecule has 2 aromatic carbocycles. The highest BCUT2D eigenvalue weighted by molar-refractivity contribution is 9.10. The van der Waals surface area contributed by atoms with Crippen LogP contribution in [0.2, 0.25) is 0 Å². The number of nitrogens with two attached hydrogens (primary N) is 1. The number of carbonyl (C=O) groups is 1. The van der Waals surface area contributed by atoms with Crippen LogP contribution in [0.5, 0.6) is 0 Å². The minimum absolute atomic E-state index is 0.0656. The SMILES string of the molecule is C[C@H](NC(=O)/C=C/c1ccc(N)cc1)c1ccccc1Br. The van der Waals surface area contributed by atoms with Crippen molar-refractivity contribution in [2.45, 2.75) is 13.0 Å². The molecule has 0 unspecified atom stereocenters. The van der Waals surface area contributed by atoms with E-state index in [9.17, 15) is 4.79 Å². The molecule has 1 amide bonds. The van der Waals surface area contributed by atoms with Crippen molar-refractivity contribution in [2.75, 3.05) is 5.73 Å². The summed E-state index contributed by atoms with van der Waals surface area (Å²) in [5, 5.41) is 2.94. The standard InChI is InChI=1S/C17H17BrN2O/c1-12(15-4-2-3-5-16(15)18)20-17(21)11-8-13-6-9-14(19)10-7-13/h2-12H,19H2,1H3,(H,20,21)/b11-8+/t12-/m0/s1. The molecule has 0 spiro atoms. The average molecular weight is 345 g/mol. The lowest BCUT2D eigenvalue weighted by Gasteiger charge is -2.14. The van der Waals surface area contributed by atoms with Crippen molar-refractivity contribution in [3.8, 4) is 0 Å². The third kappa shape index (κ3) is 4.46. The van der Waals surface area contributed by atoms with Gasteiger partial charge in [0.25, 0.3) is 0 Å². The van der Waals surface area contributed by atoms with Crippen molar-refractivity contribution < 1.29 is 4.79 Å². The summed E-state index contributed by atoms with van der Waals surface area (Å²) in [6, 6.07) is 15.1. The fourth-order valence-electron chi connectivity index (χ4n) is 1.94. The van der Waals surface area contributed by atoms with Gasteiger partial charge in [0.2, 0.25) is 5.91 Å². The zero-order chi connectivity index (χ0) is 15.2. The van der Waals surface area contributed by atoms with Gasteiger partial charge in [0.05, 0.1) is 6.04 Å². The van der Waals surface area contributed by atoms with Gasteiger partial charge in [-0.2, -0.15) is 0 Å². The first-order valence-corrected chi connectivity index (χ1v) is 7.44. The topological polar surface area (TPSA) is 55.1 Å². The van der Waals surface area contributed by atoms with Gasteiger partial charge in [-0.25, -0.2) is 0 Å². The highest BCUT2D eigenvalue weighted by Gasteiger charge is 2.09. The first kappa shape index (κ1) is 15.3. The Balaban J connectivity index is 1.98. The van der Waals surface area contributed by atoms with Crippen LogP contribution in [0.1, 0.15) is 24.1 Å². The highest BCUT2D eigenvalue weighted by atomic mass is 79.9. The van der Waals surface area contributed by atoms with E-state index in [0.29, 0.717) is 5.69 Å². The third-order valence-corrected chi connectivity index (χ3v) is 3.82. The van der Waals surface area contributed by atoms with Gasteiger partial charge in [-0.15, -0.1) is 0 Å². The lowest BCUT2D eigenvalue weighted by molar-refractivity contribution is -0.117. The van der Waals surface area contributed by atoms with E-state index in [1.165, 1.54) is 6.08 Å². The second kappa shape index (κ2) is 7.09. The molecule has 0 aliphatic carbocycles.